The molecule has 0 spiro atoms. The number of carbonyl (C=O) groups is 1. The zero-order chi connectivity index (χ0) is 22.8. The van der Waals surface area contributed by atoms with Crippen molar-refractivity contribution >= 4 is 34.0 Å². The average Bonchev–Trinajstić information content (AvgIpc) is 3.14. The molecule has 32 heavy (non-hydrogen) atoms. The number of aromatic nitrogens is 2. The maximum atomic E-state index is 12.5. The van der Waals surface area contributed by atoms with Crippen LogP contribution in [0.3, 0.4) is 0 Å². The summed E-state index contributed by atoms with van der Waals surface area (Å²) in [7, 11) is 3.89. The van der Waals surface area contributed by atoms with Gasteiger partial charge >= 0.3 is 0 Å². The van der Waals surface area contributed by atoms with Crippen molar-refractivity contribution in [1.82, 2.24) is 9.71 Å². The number of nitrogens with zero attached hydrogens (tertiary/aromatic N) is 4. The van der Waals surface area contributed by atoms with Crippen LogP contribution in [0.1, 0.15) is 22.8 Å². The second-order valence-electron chi connectivity index (χ2n) is 7.61. The largest absolute Gasteiger partial charge is 0.426 e. The first-order valence-electron chi connectivity index (χ1n) is 9.97. The summed E-state index contributed by atoms with van der Waals surface area (Å²) in [5.74, 6) is 0.166. The Bertz CT molecular complexity index is 1310. The van der Waals surface area contributed by atoms with Crippen LogP contribution in [-0.4, -0.2) is 45.8 Å². The Balaban J connectivity index is 1.55. The zero-order valence-electron chi connectivity index (χ0n) is 17.9. The van der Waals surface area contributed by atoms with Crippen LogP contribution >= 0.6 is 0 Å². The summed E-state index contributed by atoms with van der Waals surface area (Å²) in [4.78, 5) is 19.0. The van der Waals surface area contributed by atoms with Gasteiger partial charge in [-0.15, -0.1) is 0 Å². The minimum absolute atomic E-state index is 0.203. The van der Waals surface area contributed by atoms with Crippen molar-refractivity contribution in [3.63, 3.8) is 0 Å². The third-order valence-electron chi connectivity index (χ3n) is 5.25. The van der Waals surface area contributed by atoms with Gasteiger partial charge in [-0.1, -0.05) is 11.2 Å². The molecule has 0 fully saturated rings. The molecule has 0 aliphatic rings. The van der Waals surface area contributed by atoms with E-state index >= 15 is 0 Å². The van der Waals surface area contributed by atoms with E-state index in [4.69, 9.17) is 5.21 Å². The lowest BCUT2D eigenvalue weighted by molar-refractivity contribution is 0.102. The van der Waals surface area contributed by atoms with Crippen LogP contribution in [0, 0.1) is 0 Å². The van der Waals surface area contributed by atoms with Crippen LogP contribution in [0.4, 0.5) is 11.4 Å². The Morgan fingerprint density at radius 2 is 1.66 bits per heavy atom. The molecule has 3 N–H and O–H groups in total. The Hall–Kier alpha value is -4.33. The first-order chi connectivity index (χ1) is 15.4. The first kappa shape index (κ1) is 20.9. The molecule has 0 radical (unpaired) electrons. The van der Waals surface area contributed by atoms with E-state index in [0.717, 1.165) is 10.4 Å². The summed E-state index contributed by atoms with van der Waals surface area (Å²) in [6, 6.07) is 19.7. The monoisotopic (exact) mass is 429 g/mol. The fourth-order valence-electron chi connectivity index (χ4n) is 3.35. The van der Waals surface area contributed by atoms with E-state index in [0.29, 0.717) is 44.9 Å². The highest BCUT2D eigenvalue weighted by atomic mass is 16.5. The highest BCUT2D eigenvalue weighted by Gasteiger charge is 2.14. The summed E-state index contributed by atoms with van der Waals surface area (Å²) in [6.07, 6.45) is 0. The molecule has 162 valence electrons. The van der Waals surface area contributed by atoms with Gasteiger partial charge in [0.15, 0.2) is 5.82 Å². The predicted octanol–water partition coefficient (Wildman–Crippen LogP) is 4.46. The summed E-state index contributed by atoms with van der Waals surface area (Å²) in [5.41, 5.74) is 5.12. The van der Waals surface area contributed by atoms with Gasteiger partial charge in [-0.05, 0) is 67.6 Å². The Kier molecular flexibility index (Phi) is 5.51. The molecule has 8 heteroatoms. The van der Waals surface area contributed by atoms with Crippen molar-refractivity contribution in [3.8, 4) is 11.4 Å². The van der Waals surface area contributed by atoms with Gasteiger partial charge in [0.05, 0.1) is 11.2 Å². The molecule has 1 aromatic heterocycles. The van der Waals surface area contributed by atoms with Crippen molar-refractivity contribution < 1.29 is 15.2 Å². The molecular weight excluding hydrogens is 406 g/mol. The van der Waals surface area contributed by atoms with Crippen LogP contribution in [0.2, 0.25) is 0 Å². The molecule has 0 atom stereocenters. The lowest BCUT2D eigenvalue weighted by Crippen LogP contribution is -2.13. The van der Waals surface area contributed by atoms with Gasteiger partial charge in [-0.2, -0.15) is 4.73 Å². The predicted molar refractivity (Wildman–Crippen MR) is 125 cm³/mol. The molecule has 0 saturated carbocycles. The van der Waals surface area contributed by atoms with Crippen LogP contribution in [0.25, 0.3) is 22.4 Å². The minimum Gasteiger partial charge on any atom is -0.426 e. The van der Waals surface area contributed by atoms with Gasteiger partial charge in [0, 0.05) is 42.2 Å². The fraction of sp³-hybridized carbons (Fsp3) is 0.125. The maximum Gasteiger partial charge on any atom is 0.255 e. The summed E-state index contributed by atoms with van der Waals surface area (Å²) >= 11 is 0. The Labute approximate surface area is 185 Å². The molecule has 1 heterocycles. The molecule has 4 rings (SSSR count). The molecule has 0 aliphatic carbocycles. The number of hydrogen-bond donors (Lipinski definition) is 3. The highest BCUT2D eigenvalue weighted by molar-refractivity contribution is 6.04. The summed E-state index contributed by atoms with van der Waals surface area (Å²) in [6.45, 7) is 1.67. The van der Waals surface area contributed by atoms with Crippen molar-refractivity contribution in [3.05, 3.63) is 77.9 Å². The number of imidazole rings is 1. The molecule has 4 aromatic rings. The zero-order valence-corrected chi connectivity index (χ0v) is 17.9. The highest BCUT2D eigenvalue weighted by Crippen LogP contribution is 2.26. The number of carbonyl (C=O) groups excluding carboxylic acids is 1. The van der Waals surface area contributed by atoms with Crippen LogP contribution in [0.15, 0.2) is 71.9 Å². The van der Waals surface area contributed by atoms with E-state index in [-0.39, 0.29) is 5.91 Å². The van der Waals surface area contributed by atoms with Crippen molar-refractivity contribution in [2.75, 3.05) is 24.3 Å². The van der Waals surface area contributed by atoms with Gasteiger partial charge in [0.25, 0.3) is 5.91 Å². The van der Waals surface area contributed by atoms with Crippen molar-refractivity contribution in [2.24, 2.45) is 5.16 Å². The average molecular weight is 429 g/mol. The van der Waals surface area contributed by atoms with Crippen molar-refractivity contribution in [2.45, 2.75) is 6.92 Å². The number of hydrogen-bond acceptors (Lipinski definition) is 6. The van der Waals surface area contributed by atoms with E-state index < -0.39 is 0 Å². The third-order valence-corrected chi connectivity index (χ3v) is 5.25. The van der Waals surface area contributed by atoms with Gasteiger partial charge in [0.1, 0.15) is 5.52 Å². The Morgan fingerprint density at radius 1 is 1.00 bits per heavy atom. The number of amides is 1. The normalized spacial score (nSPS) is 11.5. The maximum absolute atomic E-state index is 12.5. The third kappa shape index (κ3) is 3.98. The van der Waals surface area contributed by atoms with E-state index in [9.17, 15) is 10.0 Å². The number of fused-ring (bicyclic) bond motifs is 1. The van der Waals surface area contributed by atoms with E-state index in [1.165, 1.54) is 0 Å². The lowest BCUT2D eigenvalue weighted by atomic mass is 10.1. The molecule has 3 aromatic carbocycles. The molecule has 0 saturated heterocycles. The molecule has 1 amide bonds. The second kappa shape index (κ2) is 8.43. The van der Waals surface area contributed by atoms with E-state index in [1.807, 2.05) is 31.1 Å². The molecule has 0 aliphatic heterocycles. The Morgan fingerprint density at radius 3 is 2.28 bits per heavy atom. The minimum atomic E-state index is -0.203. The quantitative estimate of drug-likeness (QED) is 0.188. The van der Waals surface area contributed by atoms with Crippen LogP contribution in [-0.2, 0) is 0 Å². The van der Waals surface area contributed by atoms with E-state index in [1.54, 1.807) is 61.5 Å². The number of nitrogens with one attached hydrogen (secondary N) is 1. The fourth-order valence-corrected chi connectivity index (χ4v) is 3.35. The van der Waals surface area contributed by atoms with Crippen LogP contribution in [0.5, 0.6) is 0 Å². The van der Waals surface area contributed by atoms with E-state index in [2.05, 4.69) is 15.5 Å². The van der Waals surface area contributed by atoms with Gasteiger partial charge in [-0.3, -0.25) is 4.79 Å². The smallest absolute Gasteiger partial charge is 0.255 e. The van der Waals surface area contributed by atoms with Gasteiger partial charge < -0.3 is 20.6 Å². The summed E-state index contributed by atoms with van der Waals surface area (Å²) < 4.78 is 1.00. The second-order valence-corrected chi connectivity index (χ2v) is 7.61. The number of benzene rings is 3. The molecule has 0 bridgehead atoms. The first-order valence-corrected chi connectivity index (χ1v) is 9.97. The SMILES string of the molecule is C/C(=N/O)c1ccc2nc(-c3ccc(NC(=O)c4ccc(N(C)C)cc4)cc3)n(O)c2c1. The van der Waals surface area contributed by atoms with Gasteiger partial charge in [0.2, 0.25) is 0 Å². The summed E-state index contributed by atoms with van der Waals surface area (Å²) in [5, 5.41) is 25.7. The molecule has 0 unspecified atom stereocenters. The molecular formula is C24H23N5O3. The van der Waals surface area contributed by atoms with Gasteiger partial charge in [-0.25, -0.2) is 4.98 Å². The van der Waals surface area contributed by atoms with Crippen LogP contribution < -0.4 is 10.2 Å². The molecule has 8 nitrogen and oxygen atoms in total. The number of rotatable bonds is 5. The van der Waals surface area contributed by atoms with Crippen molar-refractivity contribution in [1.29, 1.82) is 0 Å². The standard InChI is InChI=1S/C24H23N5O3/c1-15(27-31)18-8-13-21-22(14-18)29(32)23(26-21)16-4-9-19(10-5-16)25-24(30)17-6-11-20(12-7-17)28(2)3/h4-14,31-32H,1-3H3,(H,25,30)/b27-15-. The number of oxime groups is 1. The topological polar surface area (TPSA) is 103 Å². The lowest BCUT2D eigenvalue weighted by Gasteiger charge is -2.12. The number of anilines is 2.